The van der Waals surface area contributed by atoms with Gasteiger partial charge in [0.25, 0.3) is 5.56 Å². The molecule has 3 rings (SSSR count). The van der Waals surface area contributed by atoms with Gasteiger partial charge in [0.05, 0.1) is 16.2 Å². The molecule has 0 amide bonds. The fourth-order valence-electron chi connectivity index (χ4n) is 2.12. The average molecular weight is 332 g/mol. The summed E-state index contributed by atoms with van der Waals surface area (Å²) in [6.45, 7) is 0. The molecule has 6 heteroatoms. The number of hydrogen-bond acceptors (Lipinski definition) is 4. The second kappa shape index (κ2) is 5.94. The van der Waals surface area contributed by atoms with Crippen LogP contribution in [0.25, 0.3) is 22.0 Å². The van der Waals surface area contributed by atoms with E-state index in [2.05, 4.69) is 4.98 Å². The molecule has 0 radical (unpaired) electrons. The Hall–Kier alpha value is -2.11. The topological polar surface area (TPSA) is 38.1 Å². The van der Waals surface area contributed by atoms with E-state index in [1.54, 1.807) is 10.6 Å². The summed E-state index contributed by atoms with van der Waals surface area (Å²) in [5, 5.41) is 2.39. The number of thiophene rings is 1. The number of rotatable bonds is 3. The van der Waals surface area contributed by atoms with Crippen LogP contribution in [0.4, 0.5) is 0 Å². The summed E-state index contributed by atoms with van der Waals surface area (Å²) >= 11 is 7.66. The molecule has 0 saturated heterocycles. The molecule has 0 aliphatic carbocycles. The highest BCUT2D eigenvalue weighted by atomic mass is 35.5. The number of benzene rings is 1. The smallest absolute Gasteiger partial charge is 0.276 e. The lowest BCUT2D eigenvalue weighted by molar-refractivity contribution is 0.567. The van der Waals surface area contributed by atoms with Crippen molar-refractivity contribution in [3.05, 3.63) is 63.1 Å². The molecular weight excluding hydrogens is 318 g/mol. The molecule has 0 bridgehead atoms. The molecule has 0 saturated carbocycles. The predicted octanol–water partition coefficient (Wildman–Crippen LogP) is 3.63. The Labute approximate surface area is 136 Å². The van der Waals surface area contributed by atoms with E-state index in [0.717, 1.165) is 0 Å². The Bertz CT molecular complexity index is 911. The van der Waals surface area contributed by atoms with E-state index < -0.39 is 0 Å². The van der Waals surface area contributed by atoms with Crippen molar-refractivity contribution in [3.63, 3.8) is 0 Å². The zero-order valence-corrected chi connectivity index (χ0v) is 13.7. The molecule has 1 aromatic carbocycles. The van der Waals surface area contributed by atoms with Crippen LogP contribution < -0.4 is 5.56 Å². The number of fused-ring (bicyclic) bond motifs is 1. The summed E-state index contributed by atoms with van der Waals surface area (Å²) in [6, 6.07) is 9.12. The SMILES string of the molecule is CN(C)C=Cc1nc2ccsc2c(=O)n1-c1ccccc1Cl. The molecule has 22 heavy (non-hydrogen) atoms. The van der Waals surface area contributed by atoms with Crippen molar-refractivity contribution in [2.45, 2.75) is 0 Å². The predicted molar refractivity (Wildman–Crippen MR) is 92.9 cm³/mol. The summed E-state index contributed by atoms with van der Waals surface area (Å²) in [5.74, 6) is 0.553. The third kappa shape index (κ3) is 2.65. The van der Waals surface area contributed by atoms with E-state index in [1.165, 1.54) is 11.3 Å². The van der Waals surface area contributed by atoms with Crippen molar-refractivity contribution in [2.75, 3.05) is 14.1 Å². The normalized spacial score (nSPS) is 11.4. The molecule has 0 aliphatic rings. The van der Waals surface area contributed by atoms with Gasteiger partial charge < -0.3 is 4.90 Å². The van der Waals surface area contributed by atoms with Crippen LogP contribution in [0.5, 0.6) is 0 Å². The highest BCUT2D eigenvalue weighted by molar-refractivity contribution is 7.17. The second-order valence-corrected chi connectivity index (χ2v) is 6.30. The van der Waals surface area contributed by atoms with Crippen molar-refractivity contribution in [3.8, 4) is 5.69 Å². The first kappa shape index (κ1) is 14.8. The van der Waals surface area contributed by atoms with Crippen LogP contribution in [0.2, 0.25) is 5.02 Å². The van der Waals surface area contributed by atoms with E-state index in [-0.39, 0.29) is 5.56 Å². The van der Waals surface area contributed by atoms with Gasteiger partial charge in [0, 0.05) is 20.3 Å². The number of aromatic nitrogens is 2. The number of para-hydroxylation sites is 1. The molecule has 2 heterocycles. The van der Waals surface area contributed by atoms with Gasteiger partial charge in [-0.05, 0) is 29.7 Å². The number of halogens is 1. The largest absolute Gasteiger partial charge is 0.383 e. The fourth-order valence-corrected chi connectivity index (χ4v) is 3.10. The van der Waals surface area contributed by atoms with Gasteiger partial charge in [-0.25, -0.2) is 4.98 Å². The Kier molecular flexibility index (Phi) is 4.00. The van der Waals surface area contributed by atoms with Gasteiger partial charge in [0.15, 0.2) is 0 Å². The van der Waals surface area contributed by atoms with E-state index in [1.807, 2.05) is 60.9 Å². The Balaban J connectivity index is 2.35. The van der Waals surface area contributed by atoms with E-state index in [9.17, 15) is 4.79 Å². The van der Waals surface area contributed by atoms with Gasteiger partial charge in [-0.15, -0.1) is 11.3 Å². The number of nitrogens with zero attached hydrogens (tertiary/aromatic N) is 3. The molecule has 2 aromatic heterocycles. The van der Waals surface area contributed by atoms with Crippen molar-refractivity contribution < 1.29 is 0 Å². The highest BCUT2D eigenvalue weighted by Gasteiger charge is 2.14. The molecule has 0 unspecified atom stereocenters. The van der Waals surface area contributed by atoms with Gasteiger partial charge >= 0.3 is 0 Å². The maximum absolute atomic E-state index is 12.8. The monoisotopic (exact) mass is 331 g/mol. The molecule has 112 valence electrons. The molecule has 0 fully saturated rings. The van der Waals surface area contributed by atoms with E-state index in [4.69, 9.17) is 11.6 Å². The van der Waals surface area contributed by atoms with Crippen molar-refractivity contribution in [2.24, 2.45) is 0 Å². The fraction of sp³-hybridized carbons (Fsp3) is 0.125. The maximum Gasteiger partial charge on any atom is 0.276 e. The van der Waals surface area contributed by atoms with Crippen LogP contribution in [-0.2, 0) is 0 Å². The van der Waals surface area contributed by atoms with Crippen LogP contribution in [0.15, 0.2) is 46.7 Å². The molecule has 0 atom stereocenters. The Morgan fingerprint density at radius 1 is 1.27 bits per heavy atom. The lowest BCUT2D eigenvalue weighted by atomic mass is 10.3. The minimum Gasteiger partial charge on any atom is -0.383 e. The van der Waals surface area contributed by atoms with Gasteiger partial charge in [-0.3, -0.25) is 9.36 Å². The third-order valence-electron chi connectivity index (χ3n) is 3.12. The first-order chi connectivity index (χ1) is 10.6. The van der Waals surface area contributed by atoms with E-state index >= 15 is 0 Å². The summed E-state index contributed by atoms with van der Waals surface area (Å²) < 4.78 is 2.18. The first-order valence-corrected chi connectivity index (χ1v) is 7.93. The van der Waals surface area contributed by atoms with Gasteiger partial charge in [-0.2, -0.15) is 0 Å². The number of hydrogen-bond donors (Lipinski definition) is 0. The molecule has 0 N–H and O–H groups in total. The summed E-state index contributed by atoms with van der Waals surface area (Å²) in [4.78, 5) is 19.3. The second-order valence-electron chi connectivity index (χ2n) is 4.98. The lowest BCUT2D eigenvalue weighted by Gasteiger charge is -2.12. The van der Waals surface area contributed by atoms with Crippen LogP contribution in [0, 0.1) is 0 Å². The van der Waals surface area contributed by atoms with Gasteiger partial charge in [-0.1, -0.05) is 23.7 Å². The van der Waals surface area contributed by atoms with E-state index in [0.29, 0.717) is 26.8 Å². The minimum absolute atomic E-state index is 0.105. The molecule has 0 aliphatic heterocycles. The molecule has 4 nitrogen and oxygen atoms in total. The van der Waals surface area contributed by atoms with Crippen LogP contribution in [0.3, 0.4) is 0 Å². The molecular formula is C16H14ClN3OS. The van der Waals surface area contributed by atoms with Gasteiger partial charge in [0.2, 0.25) is 0 Å². The third-order valence-corrected chi connectivity index (χ3v) is 4.33. The Morgan fingerprint density at radius 2 is 2.05 bits per heavy atom. The standard InChI is InChI=1S/C16H14ClN3OS/c1-19(2)9-7-14-18-12-8-10-22-15(12)16(21)20(14)13-6-4-3-5-11(13)17/h3-10H,1-2H3. The zero-order valence-electron chi connectivity index (χ0n) is 12.2. The summed E-state index contributed by atoms with van der Waals surface area (Å²) in [7, 11) is 3.83. The zero-order chi connectivity index (χ0) is 15.7. The van der Waals surface area contributed by atoms with Crippen molar-refractivity contribution in [1.29, 1.82) is 0 Å². The minimum atomic E-state index is -0.105. The van der Waals surface area contributed by atoms with Crippen LogP contribution in [0.1, 0.15) is 5.82 Å². The van der Waals surface area contributed by atoms with Gasteiger partial charge in [0.1, 0.15) is 10.5 Å². The quantitative estimate of drug-likeness (QED) is 0.735. The maximum atomic E-state index is 12.8. The van der Waals surface area contributed by atoms with Crippen LogP contribution in [-0.4, -0.2) is 28.5 Å². The highest BCUT2D eigenvalue weighted by Crippen LogP contribution is 2.23. The average Bonchev–Trinajstić information content (AvgIpc) is 2.95. The first-order valence-electron chi connectivity index (χ1n) is 6.67. The molecule has 0 spiro atoms. The Morgan fingerprint density at radius 3 is 2.77 bits per heavy atom. The molecule has 3 aromatic rings. The summed E-state index contributed by atoms with van der Waals surface area (Å²) in [6.07, 6.45) is 3.66. The van der Waals surface area contributed by atoms with Crippen molar-refractivity contribution >= 4 is 39.2 Å². The summed E-state index contributed by atoms with van der Waals surface area (Å²) in [5.41, 5.74) is 1.23. The lowest BCUT2D eigenvalue weighted by Crippen LogP contribution is -2.22. The van der Waals surface area contributed by atoms with Crippen LogP contribution >= 0.6 is 22.9 Å². The van der Waals surface area contributed by atoms with Crippen molar-refractivity contribution in [1.82, 2.24) is 14.5 Å².